The minimum atomic E-state index is -0.680. The number of nitriles is 2. The highest BCUT2D eigenvalue weighted by Crippen LogP contribution is 2.33. The minimum absolute atomic E-state index is 0.148. The van der Waals surface area contributed by atoms with Gasteiger partial charge in [0.25, 0.3) is 5.91 Å². The zero-order chi connectivity index (χ0) is 20.0. The van der Waals surface area contributed by atoms with Crippen LogP contribution < -0.4 is 5.32 Å². The van der Waals surface area contributed by atoms with E-state index in [0.29, 0.717) is 16.1 Å². The molecule has 1 amide bonds. The first kappa shape index (κ1) is 20.2. The number of carbonyl (C=O) groups is 2. The van der Waals surface area contributed by atoms with E-state index >= 15 is 0 Å². The summed E-state index contributed by atoms with van der Waals surface area (Å²) in [5, 5.41) is 21.9. The third-order valence-corrected chi connectivity index (χ3v) is 4.93. The lowest BCUT2D eigenvalue weighted by Gasteiger charge is -2.02. The number of nitrogens with one attached hydrogen (secondary N) is 1. The Morgan fingerprint density at radius 1 is 1.30 bits per heavy atom. The molecule has 0 aliphatic carbocycles. The van der Waals surface area contributed by atoms with E-state index in [1.165, 1.54) is 6.08 Å². The standard InChI is InChI=1S/C19H14ClN3O3S/c1-3-26-19(25)16-11(2)15(10-22)18(27-16)23-17(24)13(9-21)8-12-4-6-14(20)7-5-12/h4-8H,3H2,1-2H3,(H,23,24). The Morgan fingerprint density at radius 2 is 1.96 bits per heavy atom. The molecule has 1 N–H and O–H groups in total. The number of amides is 1. The molecule has 0 fully saturated rings. The number of hydrogen-bond acceptors (Lipinski definition) is 6. The summed E-state index contributed by atoms with van der Waals surface area (Å²) in [7, 11) is 0. The van der Waals surface area contributed by atoms with Gasteiger partial charge in [0.15, 0.2) is 0 Å². The van der Waals surface area contributed by atoms with Crippen LogP contribution in [0.3, 0.4) is 0 Å². The maximum absolute atomic E-state index is 12.5. The summed E-state index contributed by atoms with van der Waals surface area (Å²) in [6.07, 6.45) is 1.41. The van der Waals surface area contributed by atoms with Crippen LogP contribution in [-0.2, 0) is 9.53 Å². The Morgan fingerprint density at radius 3 is 2.52 bits per heavy atom. The van der Waals surface area contributed by atoms with Gasteiger partial charge in [-0.25, -0.2) is 4.79 Å². The maximum Gasteiger partial charge on any atom is 0.348 e. The highest BCUT2D eigenvalue weighted by atomic mass is 35.5. The molecule has 0 saturated heterocycles. The van der Waals surface area contributed by atoms with E-state index in [-0.39, 0.29) is 27.6 Å². The van der Waals surface area contributed by atoms with Crippen molar-refractivity contribution in [3.05, 3.63) is 56.4 Å². The van der Waals surface area contributed by atoms with Crippen molar-refractivity contribution in [2.75, 3.05) is 11.9 Å². The normalized spacial score (nSPS) is 10.6. The molecule has 0 unspecified atom stereocenters. The Kier molecular flexibility index (Phi) is 6.73. The molecule has 136 valence electrons. The van der Waals surface area contributed by atoms with Gasteiger partial charge in [0.2, 0.25) is 0 Å². The number of nitrogens with zero attached hydrogens (tertiary/aromatic N) is 2. The van der Waals surface area contributed by atoms with E-state index in [1.54, 1.807) is 38.1 Å². The molecule has 1 aromatic heterocycles. The molecular formula is C19H14ClN3O3S. The summed E-state index contributed by atoms with van der Waals surface area (Å²) in [5.74, 6) is -1.24. The van der Waals surface area contributed by atoms with Crippen LogP contribution in [0, 0.1) is 29.6 Å². The van der Waals surface area contributed by atoms with E-state index in [0.717, 1.165) is 11.3 Å². The number of ether oxygens (including phenoxy) is 1. The highest BCUT2D eigenvalue weighted by molar-refractivity contribution is 7.18. The van der Waals surface area contributed by atoms with Gasteiger partial charge in [0, 0.05) is 5.02 Å². The number of carbonyl (C=O) groups excluding carboxylic acids is 2. The van der Waals surface area contributed by atoms with Gasteiger partial charge in [-0.05, 0) is 43.2 Å². The van der Waals surface area contributed by atoms with Gasteiger partial charge < -0.3 is 10.1 Å². The topological polar surface area (TPSA) is 103 Å². The third-order valence-electron chi connectivity index (χ3n) is 3.49. The number of thiophene rings is 1. The first-order chi connectivity index (χ1) is 12.9. The number of esters is 1. The molecular weight excluding hydrogens is 386 g/mol. The van der Waals surface area contributed by atoms with Crippen LogP contribution in [0.5, 0.6) is 0 Å². The molecule has 2 aromatic rings. The van der Waals surface area contributed by atoms with Crippen molar-refractivity contribution in [3.63, 3.8) is 0 Å². The lowest BCUT2D eigenvalue weighted by atomic mass is 10.1. The monoisotopic (exact) mass is 399 g/mol. The summed E-state index contributed by atoms with van der Waals surface area (Å²) in [6, 6.07) is 10.4. The molecule has 0 bridgehead atoms. The fourth-order valence-electron chi connectivity index (χ4n) is 2.17. The van der Waals surface area contributed by atoms with Gasteiger partial charge >= 0.3 is 5.97 Å². The van der Waals surface area contributed by atoms with E-state index < -0.39 is 11.9 Å². The zero-order valence-electron chi connectivity index (χ0n) is 14.5. The van der Waals surface area contributed by atoms with E-state index in [4.69, 9.17) is 16.3 Å². The first-order valence-corrected chi connectivity index (χ1v) is 9.00. The fourth-order valence-corrected chi connectivity index (χ4v) is 3.34. The maximum atomic E-state index is 12.5. The smallest absolute Gasteiger partial charge is 0.348 e. The predicted molar refractivity (Wildman–Crippen MR) is 103 cm³/mol. The lowest BCUT2D eigenvalue weighted by Crippen LogP contribution is -2.13. The Labute approximate surface area is 165 Å². The number of halogens is 1. The number of benzene rings is 1. The van der Waals surface area contributed by atoms with Gasteiger partial charge in [-0.3, -0.25) is 4.79 Å². The SMILES string of the molecule is CCOC(=O)c1sc(NC(=O)C(C#N)=Cc2ccc(Cl)cc2)c(C#N)c1C. The van der Waals surface area contributed by atoms with Crippen LogP contribution in [0.1, 0.15) is 33.3 Å². The molecule has 0 aliphatic rings. The van der Waals surface area contributed by atoms with Crippen molar-refractivity contribution in [2.45, 2.75) is 13.8 Å². The van der Waals surface area contributed by atoms with Crippen molar-refractivity contribution in [2.24, 2.45) is 0 Å². The highest BCUT2D eigenvalue weighted by Gasteiger charge is 2.23. The van der Waals surface area contributed by atoms with Gasteiger partial charge in [0.05, 0.1) is 12.2 Å². The first-order valence-electron chi connectivity index (χ1n) is 7.80. The molecule has 0 aliphatic heterocycles. The van der Waals surface area contributed by atoms with Crippen LogP contribution in [0.2, 0.25) is 5.02 Å². The Bertz CT molecular complexity index is 995. The predicted octanol–water partition coefficient (Wildman–Crippen LogP) is 4.30. The Balaban J connectivity index is 2.32. The van der Waals surface area contributed by atoms with Gasteiger partial charge in [-0.15, -0.1) is 11.3 Å². The van der Waals surface area contributed by atoms with Crippen LogP contribution in [-0.4, -0.2) is 18.5 Å². The average Bonchev–Trinajstić information content (AvgIpc) is 2.96. The second-order valence-corrected chi connectivity index (χ2v) is 6.73. The molecule has 1 aromatic carbocycles. The van der Waals surface area contributed by atoms with Crippen molar-refractivity contribution < 1.29 is 14.3 Å². The molecule has 0 spiro atoms. The van der Waals surface area contributed by atoms with Crippen molar-refractivity contribution in [3.8, 4) is 12.1 Å². The van der Waals surface area contributed by atoms with Crippen LogP contribution >= 0.6 is 22.9 Å². The van der Waals surface area contributed by atoms with Gasteiger partial charge in [-0.2, -0.15) is 10.5 Å². The molecule has 0 radical (unpaired) electrons. The zero-order valence-corrected chi connectivity index (χ0v) is 16.1. The second-order valence-electron chi connectivity index (χ2n) is 5.27. The molecule has 0 atom stereocenters. The van der Waals surface area contributed by atoms with E-state index in [9.17, 15) is 20.1 Å². The summed E-state index contributed by atoms with van der Waals surface area (Å²) >= 11 is 6.76. The van der Waals surface area contributed by atoms with Crippen LogP contribution in [0.4, 0.5) is 5.00 Å². The Hall–Kier alpha value is -3.13. The van der Waals surface area contributed by atoms with Crippen molar-refractivity contribution >= 4 is 45.9 Å². The molecule has 27 heavy (non-hydrogen) atoms. The van der Waals surface area contributed by atoms with E-state index in [2.05, 4.69) is 5.32 Å². The minimum Gasteiger partial charge on any atom is -0.462 e. The molecule has 2 rings (SSSR count). The number of rotatable bonds is 5. The fraction of sp³-hybridized carbons (Fsp3) is 0.158. The van der Waals surface area contributed by atoms with Crippen LogP contribution in [0.15, 0.2) is 29.8 Å². The second kappa shape index (κ2) is 9.00. The lowest BCUT2D eigenvalue weighted by molar-refractivity contribution is -0.112. The molecule has 8 heteroatoms. The third kappa shape index (κ3) is 4.73. The summed E-state index contributed by atoms with van der Waals surface area (Å²) in [5.41, 5.74) is 1.07. The van der Waals surface area contributed by atoms with Crippen molar-refractivity contribution in [1.29, 1.82) is 10.5 Å². The molecule has 6 nitrogen and oxygen atoms in total. The summed E-state index contributed by atoms with van der Waals surface area (Å²) in [4.78, 5) is 24.7. The van der Waals surface area contributed by atoms with Gasteiger partial charge in [0.1, 0.15) is 27.6 Å². The molecule has 0 saturated carbocycles. The quantitative estimate of drug-likeness (QED) is 0.458. The summed E-state index contributed by atoms with van der Waals surface area (Å²) in [6.45, 7) is 3.48. The van der Waals surface area contributed by atoms with Gasteiger partial charge in [-0.1, -0.05) is 23.7 Å². The molecule has 1 heterocycles. The number of hydrogen-bond donors (Lipinski definition) is 1. The average molecular weight is 400 g/mol. The van der Waals surface area contributed by atoms with E-state index in [1.807, 2.05) is 12.1 Å². The van der Waals surface area contributed by atoms with Crippen molar-refractivity contribution in [1.82, 2.24) is 0 Å². The largest absolute Gasteiger partial charge is 0.462 e. The number of anilines is 1. The van der Waals surface area contributed by atoms with Crippen LogP contribution in [0.25, 0.3) is 6.08 Å². The summed E-state index contributed by atoms with van der Waals surface area (Å²) < 4.78 is 4.96.